The number of carbonyl (C=O) groups is 1. The van der Waals surface area contributed by atoms with Gasteiger partial charge < -0.3 is 18.3 Å². The first-order valence-electron chi connectivity index (χ1n) is 8.90. The summed E-state index contributed by atoms with van der Waals surface area (Å²) in [7, 11) is 0.339. The van der Waals surface area contributed by atoms with E-state index in [2.05, 4.69) is 4.98 Å². The molecule has 10 heteroatoms. The first-order valence-corrected chi connectivity index (χ1v) is 10.9. The molecule has 27 heavy (non-hydrogen) atoms. The van der Waals surface area contributed by atoms with Crippen LogP contribution in [0, 0.1) is 0 Å². The molecule has 3 atom stereocenters. The second kappa shape index (κ2) is 8.61. The van der Waals surface area contributed by atoms with Gasteiger partial charge in [0.05, 0.1) is 6.61 Å². The first kappa shape index (κ1) is 21.7. The SMILES string of the molecule is COC[C@H]1O[C@@H](n2ccc(=O)[nH]c2=O)C(=O)C1O[Si](OC)(C(C)C)C(C)C. The zero-order chi connectivity index (χ0) is 20.4. The number of carbonyl (C=O) groups excluding carboxylic acids is 1. The van der Waals surface area contributed by atoms with Crippen LogP contribution in [0.4, 0.5) is 0 Å². The number of nitrogens with one attached hydrogen (secondary N) is 1. The molecule has 0 spiro atoms. The standard InChI is InChI=1S/C17H28N2O7Si/c1-10(2)27(24-6,11(3)4)26-15-12(9-23-5)25-16(14(15)21)19-8-7-13(20)18-17(19)22/h7-8,10-12,15-16H,9H2,1-6H3,(H,18,20,22)/t12-,15?,16-/m1/s1. The third-order valence-electron chi connectivity index (χ3n) is 4.84. The molecule has 0 aromatic carbocycles. The summed E-state index contributed by atoms with van der Waals surface area (Å²) >= 11 is 0. The lowest BCUT2D eigenvalue weighted by Gasteiger charge is -2.38. The predicted molar refractivity (Wildman–Crippen MR) is 99.9 cm³/mol. The fraction of sp³-hybridized carbons (Fsp3) is 0.706. The highest BCUT2D eigenvalue weighted by molar-refractivity contribution is 6.70. The number of ether oxygens (including phenoxy) is 2. The highest BCUT2D eigenvalue weighted by Gasteiger charge is 2.53. The Bertz CT molecular complexity index is 765. The van der Waals surface area contributed by atoms with Gasteiger partial charge in [0.15, 0.2) is 6.23 Å². The van der Waals surface area contributed by atoms with Gasteiger partial charge in [0.25, 0.3) is 5.56 Å². The molecule has 1 saturated heterocycles. The van der Waals surface area contributed by atoms with Gasteiger partial charge in [-0.3, -0.25) is 19.1 Å². The number of H-pyrrole nitrogens is 1. The molecule has 0 bridgehead atoms. The summed E-state index contributed by atoms with van der Waals surface area (Å²) in [6.07, 6.45) is -1.57. The van der Waals surface area contributed by atoms with Crippen LogP contribution in [0.5, 0.6) is 0 Å². The molecule has 2 heterocycles. The molecule has 1 aliphatic heterocycles. The van der Waals surface area contributed by atoms with Crippen molar-refractivity contribution in [1.82, 2.24) is 9.55 Å². The summed E-state index contributed by atoms with van der Waals surface area (Å²) in [6.45, 7) is 8.14. The third kappa shape index (κ3) is 4.14. The summed E-state index contributed by atoms with van der Waals surface area (Å²) in [5.41, 5.74) is -1.09. The normalized spacial score (nSPS) is 23.6. The highest BCUT2D eigenvalue weighted by Crippen LogP contribution is 2.38. The second-order valence-corrected chi connectivity index (χ2v) is 11.6. The van der Waals surface area contributed by atoms with Crippen molar-refractivity contribution in [3.63, 3.8) is 0 Å². The molecular formula is C17H28N2O7Si. The number of hydrogen-bond acceptors (Lipinski definition) is 7. The van der Waals surface area contributed by atoms with E-state index in [0.717, 1.165) is 10.6 Å². The van der Waals surface area contributed by atoms with Crippen molar-refractivity contribution in [2.75, 3.05) is 20.8 Å². The van der Waals surface area contributed by atoms with E-state index in [1.54, 1.807) is 7.11 Å². The Morgan fingerprint density at radius 2 is 1.81 bits per heavy atom. The molecular weight excluding hydrogens is 372 g/mol. The van der Waals surface area contributed by atoms with Crippen LogP contribution in [0.1, 0.15) is 33.9 Å². The Labute approximate surface area is 158 Å². The number of nitrogens with zero attached hydrogens (tertiary/aromatic N) is 1. The maximum Gasteiger partial charge on any atom is 0.343 e. The van der Waals surface area contributed by atoms with Crippen LogP contribution in [0.15, 0.2) is 21.9 Å². The average Bonchev–Trinajstić information content (AvgIpc) is 2.88. The predicted octanol–water partition coefficient (Wildman–Crippen LogP) is 0.943. The van der Waals surface area contributed by atoms with Crippen LogP contribution in [0.3, 0.4) is 0 Å². The van der Waals surface area contributed by atoms with Gasteiger partial charge in [-0.15, -0.1) is 0 Å². The number of ketones is 1. The lowest BCUT2D eigenvalue weighted by Crippen LogP contribution is -2.53. The topological polar surface area (TPSA) is 109 Å². The summed E-state index contributed by atoms with van der Waals surface area (Å²) in [4.78, 5) is 38.6. The van der Waals surface area contributed by atoms with E-state index in [-0.39, 0.29) is 17.7 Å². The van der Waals surface area contributed by atoms with E-state index < -0.39 is 44.0 Å². The van der Waals surface area contributed by atoms with Crippen molar-refractivity contribution in [3.8, 4) is 0 Å². The fourth-order valence-corrected chi connectivity index (χ4v) is 7.11. The number of Topliss-reactive ketones (excluding diaryl/α,β-unsaturated/α-hetero) is 1. The molecule has 1 unspecified atom stereocenters. The van der Waals surface area contributed by atoms with E-state index in [1.165, 1.54) is 13.3 Å². The Hall–Kier alpha value is -1.59. The van der Waals surface area contributed by atoms with Crippen LogP contribution in [-0.4, -0.2) is 56.9 Å². The number of aromatic nitrogens is 2. The molecule has 2 rings (SSSR count). The van der Waals surface area contributed by atoms with Crippen LogP contribution in [0.2, 0.25) is 11.1 Å². The lowest BCUT2D eigenvalue weighted by molar-refractivity contribution is -0.130. The van der Waals surface area contributed by atoms with Crippen LogP contribution < -0.4 is 11.2 Å². The van der Waals surface area contributed by atoms with Crippen molar-refractivity contribution in [3.05, 3.63) is 33.1 Å². The first-order chi connectivity index (χ1) is 12.7. The molecule has 1 aromatic heterocycles. The number of aromatic amines is 1. The zero-order valence-corrected chi connectivity index (χ0v) is 17.6. The van der Waals surface area contributed by atoms with Crippen molar-refractivity contribution < 1.29 is 23.1 Å². The molecule has 1 N–H and O–H groups in total. The monoisotopic (exact) mass is 400 g/mol. The minimum absolute atomic E-state index is 0.0911. The van der Waals surface area contributed by atoms with Gasteiger partial charge in [-0.2, -0.15) is 0 Å². The van der Waals surface area contributed by atoms with Crippen LogP contribution >= 0.6 is 0 Å². The van der Waals surface area contributed by atoms with Crippen molar-refractivity contribution in [2.24, 2.45) is 0 Å². The average molecular weight is 401 g/mol. The second-order valence-electron chi connectivity index (χ2n) is 7.18. The van der Waals surface area contributed by atoms with E-state index in [1.807, 2.05) is 27.7 Å². The molecule has 1 aliphatic rings. The van der Waals surface area contributed by atoms with Crippen LogP contribution in [0.25, 0.3) is 0 Å². The molecule has 152 valence electrons. The molecule has 0 radical (unpaired) electrons. The summed E-state index contributed by atoms with van der Waals surface area (Å²) in [5, 5.41) is 0. The number of rotatable bonds is 8. The minimum Gasteiger partial charge on any atom is -0.397 e. The minimum atomic E-state index is -2.76. The van der Waals surface area contributed by atoms with Crippen molar-refractivity contribution in [1.29, 1.82) is 0 Å². The van der Waals surface area contributed by atoms with Gasteiger partial charge in [-0.05, 0) is 11.1 Å². The number of methoxy groups -OCH3 is 1. The summed E-state index contributed by atoms with van der Waals surface area (Å²) in [6, 6.07) is 1.16. The smallest absolute Gasteiger partial charge is 0.343 e. The fourth-order valence-electron chi connectivity index (χ4n) is 3.52. The van der Waals surface area contributed by atoms with Gasteiger partial charge in [0.2, 0.25) is 5.78 Å². The molecule has 1 fully saturated rings. The lowest BCUT2D eigenvalue weighted by atomic mass is 10.1. The Morgan fingerprint density at radius 1 is 1.19 bits per heavy atom. The maximum atomic E-state index is 13.1. The van der Waals surface area contributed by atoms with Gasteiger partial charge in [0, 0.05) is 26.5 Å². The van der Waals surface area contributed by atoms with Gasteiger partial charge in [-0.25, -0.2) is 4.79 Å². The quantitative estimate of drug-likeness (QED) is 0.647. The van der Waals surface area contributed by atoms with E-state index >= 15 is 0 Å². The van der Waals surface area contributed by atoms with Crippen molar-refractivity contribution >= 4 is 14.3 Å². The Balaban J connectivity index is 2.40. The molecule has 0 amide bonds. The van der Waals surface area contributed by atoms with Crippen LogP contribution in [-0.2, 0) is 23.1 Å². The van der Waals surface area contributed by atoms with Gasteiger partial charge >= 0.3 is 14.3 Å². The third-order valence-corrected chi connectivity index (χ3v) is 9.32. The molecule has 0 saturated carbocycles. The van der Waals surface area contributed by atoms with Gasteiger partial charge in [-0.1, -0.05) is 27.7 Å². The molecule has 1 aromatic rings. The van der Waals surface area contributed by atoms with E-state index in [4.69, 9.17) is 18.3 Å². The van der Waals surface area contributed by atoms with Gasteiger partial charge in [0.1, 0.15) is 12.2 Å². The summed E-state index contributed by atoms with van der Waals surface area (Å²) < 4.78 is 24.2. The maximum absolute atomic E-state index is 13.1. The summed E-state index contributed by atoms with van der Waals surface area (Å²) in [5.74, 6) is -0.401. The highest BCUT2D eigenvalue weighted by atomic mass is 28.4. The number of hydrogen-bond donors (Lipinski definition) is 1. The van der Waals surface area contributed by atoms with Crippen molar-refractivity contribution in [2.45, 2.75) is 57.2 Å². The van der Waals surface area contributed by atoms with E-state index in [0.29, 0.717) is 0 Å². The molecule has 0 aliphatic carbocycles. The zero-order valence-electron chi connectivity index (χ0n) is 16.6. The Kier molecular flexibility index (Phi) is 6.92. The van der Waals surface area contributed by atoms with E-state index in [9.17, 15) is 14.4 Å². The largest absolute Gasteiger partial charge is 0.397 e. The molecule has 9 nitrogen and oxygen atoms in total. The Morgan fingerprint density at radius 3 is 2.30 bits per heavy atom.